The van der Waals surface area contributed by atoms with Crippen molar-refractivity contribution < 1.29 is 9.90 Å². The third kappa shape index (κ3) is 5.48. The van der Waals surface area contributed by atoms with Gasteiger partial charge >= 0.3 is 5.97 Å². The van der Waals surface area contributed by atoms with E-state index in [2.05, 4.69) is 19.2 Å². The number of hydrogen-bond acceptors (Lipinski definition) is 2. The summed E-state index contributed by atoms with van der Waals surface area (Å²) in [6.07, 6.45) is 4.91. The van der Waals surface area contributed by atoms with E-state index in [1.54, 1.807) is 18.2 Å². The van der Waals surface area contributed by atoms with Gasteiger partial charge in [-0.15, -0.1) is 0 Å². The summed E-state index contributed by atoms with van der Waals surface area (Å²) in [6.45, 7) is 3.46. The van der Waals surface area contributed by atoms with Gasteiger partial charge in [-0.25, -0.2) is 0 Å². The lowest BCUT2D eigenvalue weighted by molar-refractivity contribution is -0.136. The molecule has 0 rings (SSSR count). The fourth-order valence-electron chi connectivity index (χ4n) is 0.514. The van der Waals surface area contributed by atoms with Crippen LogP contribution in [0.2, 0.25) is 0 Å². The minimum absolute atomic E-state index is 0.00611. The van der Waals surface area contributed by atoms with E-state index in [1.165, 1.54) is 5.41 Å². The lowest BCUT2D eigenvalue weighted by atomic mass is 10.2. The van der Waals surface area contributed by atoms with Crippen LogP contribution in [0.4, 0.5) is 0 Å². The molecule has 11 heavy (non-hydrogen) atoms. The van der Waals surface area contributed by atoms with Crippen LogP contribution in [0, 0.1) is 0 Å². The van der Waals surface area contributed by atoms with Gasteiger partial charge in [-0.05, 0) is 11.0 Å². The first-order chi connectivity index (χ1) is 5.20. The summed E-state index contributed by atoms with van der Waals surface area (Å²) in [6, 6.07) is 0. The molecule has 0 saturated heterocycles. The zero-order valence-corrected chi connectivity index (χ0v) is 6.92. The first-order valence-corrected chi connectivity index (χ1v) is 3.56. The van der Waals surface area contributed by atoms with E-state index in [0.717, 1.165) is 0 Å². The maximum atomic E-state index is 10.2. The molecule has 0 atom stereocenters. The summed E-state index contributed by atoms with van der Waals surface area (Å²) in [7, 11) is 0. The number of aliphatic carboxylic acids is 1. The van der Waals surface area contributed by atoms with Crippen molar-refractivity contribution in [1.82, 2.24) is 0 Å². The Morgan fingerprint density at radius 2 is 2.27 bits per heavy atom. The fourth-order valence-corrected chi connectivity index (χ4v) is 0.691. The van der Waals surface area contributed by atoms with Crippen LogP contribution in [0.5, 0.6) is 0 Å². The van der Waals surface area contributed by atoms with Crippen molar-refractivity contribution in [3.05, 3.63) is 35.8 Å². The van der Waals surface area contributed by atoms with Crippen molar-refractivity contribution >= 4 is 18.6 Å². The second-order valence-corrected chi connectivity index (χ2v) is 2.13. The monoisotopic (exact) mass is 170 g/mol. The third-order valence-electron chi connectivity index (χ3n) is 0.968. The van der Waals surface area contributed by atoms with E-state index in [0.29, 0.717) is 5.57 Å². The summed E-state index contributed by atoms with van der Waals surface area (Å²) >= 11 is 3.85. The first-order valence-electron chi connectivity index (χ1n) is 3.05. The van der Waals surface area contributed by atoms with Crippen molar-refractivity contribution in [2.45, 2.75) is 6.42 Å². The van der Waals surface area contributed by atoms with E-state index < -0.39 is 5.97 Å². The Hall–Kier alpha value is -0.960. The van der Waals surface area contributed by atoms with Crippen molar-refractivity contribution in [3.63, 3.8) is 0 Å². The molecule has 3 heteroatoms. The maximum absolute atomic E-state index is 10.2. The molecule has 0 aromatic carbocycles. The van der Waals surface area contributed by atoms with Gasteiger partial charge in [0.1, 0.15) is 0 Å². The van der Waals surface area contributed by atoms with Gasteiger partial charge in [0.25, 0.3) is 0 Å². The number of thiol groups is 1. The molecule has 0 unspecified atom stereocenters. The maximum Gasteiger partial charge on any atom is 0.307 e. The minimum atomic E-state index is -0.862. The molecule has 1 N–H and O–H groups in total. The normalized spacial score (nSPS) is 11.9. The topological polar surface area (TPSA) is 37.3 Å². The van der Waals surface area contributed by atoms with Gasteiger partial charge in [-0.2, -0.15) is 12.6 Å². The third-order valence-corrected chi connectivity index (χ3v) is 1.30. The highest BCUT2D eigenvalue weighted by Crippen LogP contribution is 2.04. The van der Waals surface area contributed by atoms with Crippen LogP contribution in [-0.4, -0.2) is 11.1 Å². The molecule has 0 aromatic rings. The molecule has 0 fully saturated rings. The molecule has 0 amide bonds. The number of allylic oxidation sites excluding steroid dienone is 3. The van der Waals surface area contributed by atoms with Gasteiger partial charge in [0, 0.05) is 0 Å². The molecule has 60 valence electrons. The number of carbonyl (C=O) groups is 1. The van der Waals surface area contributed by atoms with Crippen LogP contribution in [0.1, 0.15) is 6.42 Å². The molecule has 0 spiro atoms. The highest BCUT2D eigenvalue weighted by Gasteiger charge is 1.97. The Kier molecular flexibility index (Phi) is 5.29. The number of hydrogen-bond donors (Lipinski definition) is 2. The number of carboxylic acids is 1. The Bertz CT molecular complexity index is 204. The Morgan fingerprint density at radius 3 is 2.64 bits per heavy atom. The SMILES string of the molecule is C=C/C=C\C(=C\S)CC(=O)O. The average molecular weight is 170 g/mol. The van der Waals surface area contributed by atoms with Gasteiger partial charge in [0.15, 0.2) is 0 Å². The first kappa shape index (κ1) is 10.0. The second-order valence-electron chi connectivity index (χ2n) is 1.87. The van der Waals surface area contributed by atoms with Crippen molar-refractivity contribution in [2.75, 3.05) is 0 Å². The second kappa shape index (κ2) is 5.80. The number of carboxylic acid groups (broad SMARTS) is 1. The van der Waals surface area contributed by atoms with E-state index >= 15 is 0 Å². The minimum Gasteiger partial charge on any atom is -0.481 e. The number of rotatable bonds is 4. The van der Waals surface area contributed by atoms with Crippen molar-refractivity contribution in [3.8, 4) is 0 Å². The smallest absolute Gasteiger partial charge is 0.307 e. The van der Waals surface area contributed by atoms with E-state index in [4.69, 9.17) is 5.11 Å². The van der Waals surface area contributed by atoms with Gasteiger partial charge in [0.2, 0.25) is 0 Å². The molecule has 0 radical (unpaired) electrons. The predicted octanol–water partition coefficient (Wildman–Crippen LogP) is 2.02. The van der Waals surface area contributed by atoms with Crippen molar-refractivity contribution in [2.24, 2.45) is 0 Å². The average Bonchev–Trinajstić information content (AvgIpc) is 1.97. The summed E-state index contributed by atoms with van der Waals surface area (Å²) in [5.41, 5.74) is 0.653. The predicted molar refractivity (Wildman–Crippen MR) is 48.7 cm³/mol. The Morgan fingerprint density at radius 1 is 1.64 bits per heavy atom. The van der Waals surface area contributed by atoms with Gasteiger partial charge in [-0.3, -0.25) is 4.79 Å². The van der Waals surface area contributed by atoms with E-state index in [1.807, 2.05) is 0 Å². The summed E-state index contributed by atoms with van der Waals surface area (Å²) < 4.78 is 0. The zero-order valence-electron chi connectivity index (χ0n) is 6.03. The molecule has 0 saturated carbocycles. The van der Waals surface area contributed by atoms with Crippen molar-refractivity contribution in [1.29, 1.82) is 0 Å². The van der Waals surface area contributed by atoms with E-state index in [-0.39, 0.29) is 6.42 Å². The lowest BCUT2D eigenvalue weighted by Gasteiger charge is -1.93. The summed E-state index contributed by atoms with van der Waals surface area (Å²) in [4.78, 5) is 10.2. The molecule has 2 nitrogen and oxygen atoms in total. The quantitative estimate of drug-likeness (QED) is 0.500. The summed E-state index contributed by atoms with van der Waals surface area (Å²) in [5.74, 6) is -0.862. The van der Waals surface area contributed by atoms with E-state index in [9.17, 15) is 4.79 Å². The van der Waals surface area contributed by atoms with Crippen LogP contribution >= 0.6 is 12.6 Å². The highest BCUT2D eigenvalue weighted by atomic mass is 32.1. The standard InChI is InChI=1S/C8H10O2S/c1-2-3-4-7(6-11)5-8(9)10/h2-4,6,11H,1,5H2,(H,9,10)/b4-3-,7-6-. The highest BCUT2D eigenvalue weighted by molar-refractivity contribution is 7.83. The molecular formula is C8H10O2S. The Balaban J connectivity index is 4.08. The van der Waals surface area contributed by atoms with Crippen LogP contribution in [0.25, 0.3) is 0 Å². The Labute approximate surface area is 71.3 Å². The molecule has 0 aliphatic heterocycles. The van der Waals surface area contributed by atoms with Gasteiger partial charge < -0.3 is 5.11 Å². The molecule has 0 heterocycles. The molecule has 0 bridgehead atoms. The molecule has 0 aromatic heterocycles. The zero-order chi connectivity index (χ0) is 8.69. The lowest BCUT2D eigenvalue weighted by Crippen LogP contribution is -1.94. The van der Waals surface area contributed by atoms with Crippen LogP contribution in [0.3, 0.4) is 0 Å². The molecule has 0 aliphatic rings. The molecular weight excluding hydrogens is 160 g/mol. The van der Waals surface area contributed by atoms with Crippen LogP contribution in [0.15, 0.2) is 35.8 Å². The van der Waals surface area contributed by atoms with Gasteiger partial charge in [-0.1, -0.05) is 24.8 Å². The fraction of sp³-hybridized carbons (Fsp3) is 0.125. The molecule has 0 aliphatic carbocycles. The van der Waals surface area contributed by atoms with Crippen LogP contribution in [-0.2, 0) is 4.79 Å². The summed E-state index contributed by atoms with van der Waals surface area (Å²) in [5, 5.41) is 9.85. The van der Waals surface area contributed by atoms with Gasteiger partial charge in [0.05, 0.1) is 6.42 Å². The van der Waals surface area contributed by atoms with Crippen LogP contribution < -0.4 is 0 Å². The largest absolute Gasteiger partial charge is 0.481 e.